The van der Waals surface area contributed by atoms with E-state index in [0.29, 0.717) is 17.1 Å². The molecule has 0 atom stereocenters. The molecule has 0 amide bonds. The number of furan rings is 2. The highest BCUT2D eigenvalue weighted by atomic mass is 16.4. The molecule has 0 spiro atoms. The first kappa shape index (κ1) is 22.7. The van der Waals surface area contributed by atoms with E-state index in [1.165, 1.54) is 0 Å². The van der Waals surface area contributed by atoms with Crippen molar-refractivity contribution in [3.05, 3.63) is 121 Å². The Hall–Kier alpha value is -6.01. The lowest BCUT2D eigenvalue weighted by molar-refractivity contribution is 0.634. The molecule has 0 saturated carbocycles. The van der Waals surface area contributed by atoms with Gasteiger partial charge in [0.1, 0.15) is 27.9 Å². The normalized spacial score (nSPS) is 12.2. The summed E-state index contributed by atoms with van der Waals surface area (Å²) in [6, 6.07) is 39.0. The predicted octanol–water partition coefficient (Wildman–Crippen LogP) is 9.59. The molecule has 0 aliphatic rings. The minimum atomic E-state index is 0.534. The quantitative estimate of drug-likeness (QED) is 0.200. The minimum absolute atomic E-state index is 0.534. The second-order valence-corrected chi connectivity index (χ2v) is 10.8. The van der Waals surface area contributed by atoms with Gasteiger partial charge in [0.2, 0.25) is 5.95 Å². The smallest absolute Gasteiger partial charge is 0.236 e. The van der Waals surface area contributed by atoms with Gasteiger partial charge in [-0.3, -0.25) is 9.55 Å². The molecule has 0 radical (unpaired) electrons. The van der Waals surface area contributed by atoms with Gasteiger partial charge in [-0.1, -0.05) is 78.9 Å². The summed E-state index contributed by atoms with van der Waals surface area (Å²) in [4.78, 5) is 15.5. The van der Waals surface area contributed by atoms with Crippen LogP contribution < -0.4 is 0 Å². The second kappa shape index (κ2) is 8.27. The van der Waals surface area contributed by atoms with Crippen LogP contribution in [0.15, 0.2) is 130 Å². The summed E-state index contributed by atoms with van der Waals surface area (Å²) in [5, 5.41) is 7.38. The monoisotopic (exact) mass is 552 g/mol. The van der Waals surface area contributed by atoms with Crippen molar-refractivity contribution in [2.75, 3.05) is 0 Å². The summed E-state index contributed by atoms with van der Waals surface area (Å²) in [7, 11) is 0. The SMILES string of the molecule is c1ccc(-c2nc(-n3c4c5ccccc5oc4c4oc5ccccc5c43)nc3c4ccccc4c4ccccc4c23)nc1. The van der Waals surface area contributed by atoms with Crippen LogP contribution in [-0.2, 0) is 0 Å². The van der Waals surface area contributed by atoms with Crippen LogP contribution in [0.4, 0.5) is 0 Å². The third kappa shape index (κ3) is 2.99. The molecule has 0 bridgehead atoms. The fourth-order valence-electron chi connectivity index (χ4n) is 6.67. The van der Waals surface area contributed by atoms with E-state index in [-0.39, 0.29) is 0 Å². The van der Waals surface area contributed by atoms with Crippen LogP contribution in [0.2, 0.25) is 0 Å². The van der Waals surface area contributed by atoms with Crippen molar-refractivity contribution in [3.8, 4) is 17.3 Å². The number of nitrogens with zero attached hydrogens (tertiary/aromatic N) is 4. The zero-order valence-corrected chi connectivity index (χ0v) is 22.7. The first-order chi connectivity index (χ1) is 21.3. The van der Waals surface area contributed by atoms with E-state index >= 15 is 0 Å². The maximum Gasteiger partial charge on any atom is 0.236 e. The van der Waals surface area contributed by atoms with Gasteiger partial charge in [-0.2, -0.15) is 0 Å². The fraction of sp³-hybridized carbons (Fsp3) is 0. The summed E-state index contributed by atoms with van der Waals surface area (Å²) in [6.45, 7) is 0. The standard InChI is InChI=1S/C37H20N4O2/c1-3-13-23-21(11-1)22-12-2-4-14-24(22)31-30(23)32(27-17-9-10-20-38-27)40-37(39-31)41-33-25-15-5-7-18-28(25)42-35(33)36-34(41)26-16-6-8-19-29(26)43-36/h1-20H. The molecule has 0 aliphatic carbocycles. The third-order valence-corrected chi connectivity index (χ3v) is 8.47. The van der Waals surface area contributed by atoms with Crippen molar-refractivity contribution in [1.29, 1.82) is 0 Å². The fourth-order valence-corrected chi connectivity index (χ4v) is 6.67. The van der Waals surface area contributed by atoms with Crippen LogP contribution in [0.5, 0.6) is 0 Å². The highest BCUT2D eigenvalue weighted by Gasteiger charge is 2.27. The molecular formula is C37H20N4O2. The number of fused-ring (bicyclic) bond motifs is 13. The van der Waals surface area contributed by atoms with Gasteiger partial charge in [0.05, 0.1) is 11.2 Å². The number of para-hydroxylation sites is 2. The van der Waals surface area contributed by atoms with Gasteiger partial charge in [0.25, 0.3) is 0 Å². The molecule has 0 N–H and O–H groups in total. The van der Waals surface area contributed by atoms with Crippen LogP contribution in [0, 0.1) is 0 Å². The van der Waals surface area contributed by atoms with Gasteiger partial charge in [-0.15, -0.1) is 0 Å². The van der Waals surface area contributed by atoms with Gasteiger partial charge >= 0.3 is 0 Å². The molecule has 10 aromatic rings. The number of aromatic nitrogens is 4. The maximum absolute atomic E-state index is 6.45. The van der Waals surface area contributed by atoms with E-state index in [9.17, 15) is 0 Å². The Labute approximate surface area is 243 Å². The third-order valence-electron chi connectivity index (χ3n) is 8.47. The molecule has 5 aromatic heterocycles. The number of rotatable bonds is 2. The van der Waals surface area contributed by atoms with Crippen molar-refractivity contribution in [2.45, 2.75) is 0 Å². The molecule has 10 rings (SSSR count). The molecule has 0 fully saturated rings. The molecule has 5 aromatic carbocycles. The summed E-state index contributed by atoms with van der Waals surface area (Å²) < 4.78 is 15.0. The molecule has 0 unspecified atom stereocenters. The van der Waals surface area contributed by atoms with Gasteiger partial charge < -0.3 is 8.83 Å². The molecule has 200 valence electrons. The van der Waals surface area contributed by atoms with Crippen molar-refractivity contribution in [3.63, 3.8) is 0 Å². The largest absolute Gasteiger partial charge is 0.450 e. The summed E-state index contributed by atoms with van der Waals surface area (Å²) >= 11 is 0. The average molecular weight is 553 g/mol. The van der Waals surface area contributed by atoms with Gasteiger partial charge in [0, 0.05) is 27.7 Å². The van der Waals surface area contributed by atoms with Crippen molar-refractivity contribution in [1.82, 2.24) is 19.5 Å². The van der Waals surface area contributed by atoms with Crippen molar-refractivity contribution >= 4 is 76.6 Å². The van der Waals surface area contributed by atoms with Crippen molar-refractivity contribution in [2.24, 2.45) is 0 Å². The van der Waals surface area contributed by atoms with E-state index in [2.05, 4.69) is 65.2 Å². The van der Waals surface area contributed by atoms with E-state index in [0.717, 1.165) is 76.8 Å². The first-order valence-corrected chi connectivity index (χ1v) is 14.2. The van der Waals surface area contributed by atoms with E-state index in [1.54, 1.807) is 0 Å². The Bertz CT molecular complexity index is 2650. The van der Waals surface area contributed by atoms with E-state index in [4.69, 9.17) is 23.8 Å². The predicted molar refractivity (Wildman–Crippen MR) is 172 cm³/mol. The van der Waals surface area contributed by atoms with Crippen LogP contribution in [0.3, 0.4) is 0 Å². The zero-order valence-electron chi connectivity index (χ0n) is 22.7. The number of benzene rings is 5. The Morgan fingerprint density at radius 3 is 1.65 bits per heavy atom. The average Bonchev–Trinajstić information content (AvgIpc) is 3.73. The Morgan fingerprint density at radius 1 is 0.488 bits per heavy atom. The molecule has 6 heteroatoms. The summed E-state index contributed by atoms with van der Waals surface area (Å²) in [5.74, 6) is 0.534. The van der Waals surface area contributed by atoms with Crippen LogP contribution in [0.1, 0.15) is 0 Å². The lowest BCUT2D eigenvalue weighted by Gasteiger charge is -2.15. The van der Waals surface area contributed by atoms with Crippen LogP contribution >= 0.6 is 0 Å². The van der Waals surface area contributed by atoms with Gasteiger partial charge in [-0.05, 0) is 52.6 Å². The van der Waals surface area contributed by atoms with Gasteiger partial charge in [-0.25, -0.2) is 9.97 Å². The van der Waals surface area contributed by atoms with E-state index < -0.39 is 0 Å². The maximum atomic E-state index is 6.45. The zero-order chi connectivity index (χ0) is 28.1. The lowest BCUT2D eigenvalue weighted by atomic mass is 9.95. The highest BCUT2D eigenvalue weighted by molar-refractivity contribution is 6.27. The topological polar surface area (TPSA) is 69.9 Å². The number of hydrogen-bond acceptors (Lipinski definition) is 5. The van der Waals surface area contributed by atoms with Gasteiger partial charge in [0.15, 0.2) is 11.2 Å². The molecular weight excluding hydrogens is 532 g/mol. The number of pyridine rings is 1. The van der Waals surface area contributed by atoms with Crippen molar-refractivity contribution < 1.29 is 8.83 Å². The second-order valence-electron chi connectivity index (χ2n) is 10.8. The summed E-state index contributed by atoms with van der Waals surface area (Å²) in [5.41, 5.74) is 7.12. The first-order valence-electron chi connectivity index (χ1n) is 14.2. The Kier molecular flexibility index (Phi) is 4.36. The molecule has 0 aliphatic heterocycles. The van der Waals surface area contributed by atoms with E-state index in [1.807, 2.05) is 60.8 Å². The Morgan fingerprint density at radius 2 is 1.02 bits per heavy atom. The Balaban J connectivity index is 1.47. The molecule has 0 saturated heterocycles. The van der Waals surface area contributed by atoms with Crippen LogP contribution in [0.25, 0.3) is 93.9 Å². The summed E-state index contributed by atoms with van der Waals surface area (Å²) in [6.07, 6.45) is 1.81. The number of hydrogen-bond donors (Lipinski definition) is 0. The lowest BCUT2D eigenvalue weighted by Crippen LogP contribution is -2.04. The minimum Gasteiger partial charge on any atom is -0.450 e. The van der Waals surface area contributed by atoms with Crippen LogP contribution in [-0.4, -0.2) is 19.5 Å². The molecule has 43 heavy (non-hydrogen) atoms. The molecule has 6 nitrogen and oxygen atoms in total. The molecule has 5 heterocycles. The highest BCUT2D eigenvalue weighted by Crippen LogP contribution is 2.44.